The highest BCUT2D eigenvalue weighted by Gasteiger charge is 2.37. The lowest BCUT2D eigenvalue weighted by Crippen LogP contribution is -2.54. The Bertz CT molecular complexity index is 305. The number of likely N-dealkylation sites (tertiary alicyclic amines) is 1. The second-order valence-corrected chi connectivity index (χ2v) is 8.29. The van der Waals surface area contributed by atoms with Gasteiger partial charge in [-0.05, 0) is 59.4 Å². The van der Waals surface area contributed by atoms with Crippen molar-refractivity contribution in [1.29, 1.82) is 0 Å². The molecule has 1 N–H and O–H groups in total. The highest BCUT2D eigenvalue weighted by Crippen LogP contribution is 2.32. The van der Waals surface area contributed by atoms with Gasteiger partial charge in [0.1, 0.15) is 0 Å². The molecule has 0 aromatic carbocycles. The smallest absolute Gasteiger partial charge is 0.0546 e. The third-order valence-corrected chi connectivity index (χ3v) is 5.16. The molecule has 2 aliphatic heterocycles. The molecule has 2 heterocycles. The SMILES string of the molecule is CCC1CCCCN1CC1(CNC(C)(C)C)CCCOC1. The van der Waals surface area contributed by atoms with E-state index in [1.54, 1.807) is 0 Å². The number of hydrogen-bond acceptors (Lipinski definition) is 3. The van der Waals surface area contributed by atoms with Crippen LogP contribution in [0, 0.1) is 5.41 Å². The van der Waals surface area contributed by atoms with Gasteiger partial charge in [0.05, 0.1) is 6.61 Å². The summed E-state index contributed by atoms with van der Waals surface area (Å²) in [5, 5.41) is 3.75. The molecule has 0 saturated carbocycles. The standard InChI is InChI=1S/C18H36N2O/c1-5-16-9-6-7-11-20(16)14-18(10-8-12-21-15-18)13-19-17(2,3)4/h16,19H,5-15H2,1-4H3. The van der Waals surface area contributed by atoms with Gasteiger partial charge in [-0.25, -0.2) is 0 Å². The molecular weight excluding hydrogens is 260 g/mol. The van der Waals surface area contributed by atoms with Crippen LogP contribution in [0.1, 0.15) is 66.2 Å². The zero-order valence-electron chi connectivity index (χ0n) is 14.7. The highest BCUT2D eigenvalue weighted by molar-refractivity contribution is 4.91. The number of piperidine rings is 1. The minimum Gasteiger partial charge on any atom is -0.381 e. The van der Waals surface area contributed by atoms with Crippen molar-refractivity contribution in [3.63, 3.8) is 0 Å². The van der Waals surface area contributed by atoms with Gasteiger partial charge in [-0.3, -0.25) is 4.90 Å². The average molecular weight is 296 g/mol. The first-order valence-electron chi connectivity index (χ1n) is 9.01. The number of hydrogen-bond donors (Lipinski definition) is 1. The van der Waals surface area contributed by atoms with Crippen LogP contribution >= 0.6 is 0 Å². The van der Waals surface area contributed by atoms with Gasteiger partial charge in [0.15, 0.2) is 0 Å². The molecule has 0 spiro atoms. The molecule has 0 aromatic rings. The third-order valence-electron chi connectivity index (χ3n) is 5.16. The van der Waals surface area contributed by atoms with E-state index in [-0.39, 0.29) is 5.54 Å². The van der Waals surface area contributed by atoms with Gasteiger partial charge in [0, 0.05) is 36.7 Å². The number of nitrogens with one attached hydrogen (secondary N) is 1. The van der Waals surface area contributed by atoms with Crippen LogP contribution in [-0.4, -0.2) is 49.3 Å². The lowest BCUT2D eigenvalue weighted by Gasteiger charge is -2.46. The summed E-state index contributed by atoms with van der Waals surface area (Å²) in [6, 6.07) is 0.798. The molecule has 2 saturated heterocycles. The molecule has 2 atom stereocenters. The van der Waals surface area contributed by atoms with Crippen LogP contribution in [0.5, 0.6) is 0 Å². The van der Waals surface area contributed by atoms with E-state index in [2.05, 4.69) is 37.9 Å². The van der Waals surface area contributed by atoms with Crippen LogP contribution in [0.4, 0.5) is 0 Å². The van der Waals surface area contributed by atoms with Gasteiger partial charge in [-0.2, -0.15) is 0 Å². The van der Waals surface area contributed by atoms with E-state index >= 15 is 0 Å². The van der Waals surface area contributed by atoms with Gasteiger partial charge < -0.3 is 10.1 Å². The fourth-order valence-electron chi connectivity index (χ4n) is 3.84. The summed E-state index contributed by atoms with van der Waals surface area (Å²) in [4.78, 5) is 2.77. The quantitative estimate of drug-likeness (QED) is 0.841. The molecule has 3 nitrogen and oxygen atoms in total. The van der Waals surface area contributed by atoms with Crippen LogP contribution in [0.3, 0.4) is 0 Å². The van der Waals surface area contributed by atoms with Gasteiger partial charge in [-0.15, -0.1) is 0 Å². The zero-order valence-corrected chi connectivity index (χ0v) is 14.7. The van der Waals surface area contributed by atoms with E-state index in [4.69, 9.17) is 4.74 Å². The summed E-state index contributed by atoms with van der Waals surface area (Å²) in [5.74, 6) is 0. The van der Waals surface area contributed by atoms with E-state index in [0.717, 1.165) is 25.8 Å². The van der Waals surface area contributed by atoms with Crippen molar-refractivity contribution < 1.29 is 4.74 Å². The largest absolute Gasteiger partial charge is 0.381 e. The Morgan fingerprint density at radius 3 is 2.67 bits per heavy atom. The van der Waals surface area contributed by atoms with E-state index in [1.807, 2.05) is 0 Å². The van der Waals surface area contributed by atoms with E-state index in [0.29, 0.717) is 5.41 Å². The maximum atomic E-state index is 5.89. The second-order valence-electron chi connectivity index (χ2n) is 8.29. The van der Waals surface area contributed by atoms with Gasteiger partial charge in [0.2, 0.25) is 0 Å². The van der Waals surface area contributed by atoms with Crippen molar-refractivity contribution in [2.75, 3.05) is 32.8 Å². The first kappa shape index (κ1) is 17.2. The molecule has 0 aliphatic carbocycles. The molecule has 2 aliphatic rings. The summed E-state index contributed by atoms with van der Waals surface area (Å²) >= 11 is 0. The van der Waals surface area contributed by atoms with Gasteiger partial charge in [0.25, 0.3) is 0 Å². The number of ether oxygens (including phenoxy) is 1. The Balaban J connectivity index is 2.00. The van der Waals surface area contributed by atoms with Crippen molar-refractivity contribution in [1.82, 2.24) is 10.2 Å². The highest BCUT2D eigenvalue weighted by atomic mass is 16.5. The lowest BCUT2D eigenvalue weighted by atomic mass is 9.80. The van der Waals surface area contributed by atoms with E-state index in [9.17, 15) is 0 Å². The number of nitrogens with zero attached hydrogens (tertiary/aromatic N) is 1. The second kappa shape index (κ2) is 7.43. The zero-order chi connectivity index (χ0) is 15.3. The molecule has 0 amide bonds. The Hall–Kier alpha value is -0.120. The van der Waals surface area contributed by atoms with Gasteiger partial charge in [-0.1, -0.05) is 13.3 Å². The topological polar surface area (TPSA) is 24.5 Å². The van der Waals surface area contributed by atoms with Crippen LogP contribution in [0.15, 0.2) is 0 Å². The fraction of sp³-hybridized carbons (Fsp3) is 1.00. The van der Waals surface area contributed by atoms with Crippen molar-refractivity contribution in [3.8, 4) is 0 Å². The molecular formula is C18H36N2O. The predicted octanol–water partition coefficient (Wildman–Crippen LogP) is 3.44. The molecule has 2 fully saturated rings. The third kappa shape index (κ3) is 5.22. The van der Waals surface area contributed by atoms with Crippen LogP contribution in [0.25, 0.3) is 0 Å². The summed E-state index contributed by atoms with van der Waals surface area (Å²) in [6.45, 7) is 14.6. The average Bonchev–Trinajstić information content (AvgIpc) is 2.46. The molecule has 2 unspecified atom stereocenters. The molecule has 0 aromatic heterocycles. The van der Waals surface area contributed by atoms with Crippen molar-refractivity contribution in [3.05, 3.63) is 0 Å². The first-order chi connectivity index (χ1) is 9.94. The Labute approximate surface area is 131 Å². The summed E-state index contributed by atoms with van der Waals surface area (Å²) in [6.07, 6.45) is 8.00. The normalized spacial score (nSPS) is 32.3. The van der Waals surface area contributed by atoms with Crippen LogP contribution in [0.2, 0.25) is 0 Å². The Morgan fingerprint density at radius 1 is 1.24 bits per heavy atom. The van der Waals surface area contributed by atoms with E-state index in [1.165, 1.54) is 51.6 Å². The summed E-state index contributed by atoms with van der Waals surface area (Å²) in [5.41, 5.74) is 0.507. The van der Waals surface area contributed by atoms with Crippen LogP contribution < -0.4 is 5.32 Å². The molecule has 3 heteroatoms. The minimum absolute atomic E-state index is 0.191. The van der Waals surface area contributed by atoms with Crippen molar-refractivity contribution in [2.45, 2.75) is 77.8 Å². The monoisotopic (exact) mass is 296 g/mol. The van der Waals surface area contributed by atoms with Crippen LogP contribution in [-0.2, 0) is 4.74 Å². The molecule has 0 bridgehead atoms. The maximum Gasteiger partial charge on any atom is 0.0546 e. The fourth-order valence-corrected chi connectivity index (χ4v) is 3.84. The molecule has 0 radical (unpaired) electrons. The van der Waals surface area contributed by atoms with Crippen molar-refractivity contribution in [2.24, 2.45) is 5.41 Å². The Morgan fingerprint density at radius 2 is 2.05 bits per heavy atom. The lowest BCUT2D eigenvalue weighted by molar-refractivity contribution is -0.0402. The number of rotatable bonds is 5. The minimum atomic E-state index is 0.191. The molecule has 2 rings (SSSR count). The Kier molecular flexibility index (Phi) is 6.10. The summed E-state index contributed by atoms with van der Waals surface area (Å²) < 4.78 is 5.89. The molecule has 21 heavy (non-hydrogen) atoms. The van der Waals surface area contributed by atoms with Gasteiger partial charge >= 0.3 is 0 Å². The van der Waals surface area contributed by atoms with E-state index < -0.39 is 0 Å². The maximum absolute atomic E-state index is 5.89. The summed E-state index contributed by atoms with van der Waals surface area (Å²) in [7, 11) is 0. The predicted molar refractivity (Wildman–Crippen MR) is 89.7 cm³/mol. The molecule has 124 valence electrons. The van der Waals surface area contributed by atoms with Crippen molar-refractivity contribution >= 4 is 0 Å². The first-order valence-corrected chi connectivity index (χ1v) is 9.01.